The molecular weight excluding hydrogens is 795 g/mol. The van der Waals surface area contributed by atoms with Gasteiger partial charge in [-0.1, -0.05) is 196 Å². The molecule has 0 saturated carbocycles. The van der Waals surface area contributed by atoms with Gasteiger partial charge in [0.15, 0.2) is 23.3 Å². The molecule has 3 aliphatic rings. The summed E-state index contributed by atoms with van der Waals surface area (Å²) in [4.78, 5) is 26.5. The molecule has 0 bridgehead atoms. The van der Waals surface area contributed by atoms with Crippen LogP contribution in [0.1, 0.15) is 47.4 Å². The SMILES string of the molecule is CC1(C)c2ccccc2-c2c(-c3cccc4c3-c3cc(-c5nc(-c6ccccc6)nc(-c6ccccc6)n5)ccc3C43c4ccccc4Oc4ccccc43)nc(-c3ccccc3)nc21. The van der Waals surface area contributed by atoms with Crippen LogP contribution in [0.2, 0.25) is 0 Å². The highest BCUT2D eigenvalue weighted by Crippen LogP contribution is 2.64. The third-order valence-electron chi connectivity index (χ3n) is 13.6. The third kappa shape index (κ3) is 5.44. The summed E-state index contributed by atoms with van der Waals surface area (Å²) in [6, 6.07) is 69.9. The number of para-hydroxylation sites is 2. The zero-order valence-electron chi connectivity index (χ0n) is 35.7. The summed E-state index contributed by atoms with van der Waals surface area (Å²) in [6.07, 6.45) is 0. The number of hydrogen-bond acceptors (Lipinski definition) is 6. The van der Waals surface area contributed by atoms with Gasteiger partial charge in [0.1, 0.15) is 11.5 Å². The lowest BCUT2D eigenvalue weighted by Gasteiger charge is -2.39. The number of benzene rings is 8. The molecule has 0 saturated heterocycles. The molecule has 13 rings (SSSR count). The first-order valence-corrected chi connectivity index (χ1v) is 22.1. The van der Waals surface area contributed by atoms with Crippen LogP contribution in [0.15, 0.2) is 200 Å². The van der Waals surface area contributed by atoms with E-state index in [4.69, 9.17) is 29.7 Å². The fourth-order valence-electron chi connectivity index (χ4n) is 10.7. The molecule has 0 atom stereocenters. The zero-order valence-corrected chi connectivity index (χ0v) is 35.7. The van der Waals surface area contributed by atoms with Crippen molar-refractivity contribution < 1.29 is 4.74 Å². The average Bonchev–Trinajstić information content (AvgIpc) is 3.79. The molecule has 0 unspecified atom stereocenters. The van der Waals surface area contributed by atoms with E-state index in [0.29, 0.717) is 23.3 Å². The zero-order chi connectivity index (χ0) is 43.3. The van der Waals surface area contributed by atoms with Gasteiger partial charge in [-0.15, -0.1) is 0 Å². The summed E-state index contributed by atoms with van der Waals surface area (Å²) in [6.45, 7) is 4.57. The highest BCUT2D eigenvalue weighted by molar-refractivity contribution is 6.01. The van der Waals surface area contributed by atoms with Gasteiger partial charge in [-0.3, -0.25) is 0 Å². The molecule has 306 valence electrons. The van der Waals surface area contributed by atoms with Crippen molar-refractivity contribution in [3.05, 3.63) is 234 Å². The van der Waals surface area contributed by atoms with Gasteiger partial charge in [0.25, 0.3) is 0 Å². The van der Waals surface area contributed by atoms with E-state index in [-0.39, 0.29) is 5.41 Å². The fraction of sp³-hybridized carbons (Fsp3) is 0.0678. The minimum absolute atomic E-state index is 0.360. The molecule has 0 fully saturated rings. The maximum atomic E-state index is 6.75. The van der Waals surface area contributed by atoms with Crippen LogP contribution >= 0.6 is 0 Å². The Morgan fingerprint density at radius 1 is 0.338 bits per heavy atom. The van der Waals surface area contributed by atoms with Crippen LogP contribution in [0.4, 0.5) is 0 Å². The molecular formula is C59H39N5O. The van der Waals surface area contributed by atoms with E-state index in [2.05, 4.69) is 147 Å². The maximum absolute atomic E-state index is 6.75. The Bertz CT molecular complexity index is 3450. The minimum atomic E-state index is -0.718. The van der Waals surface area contributed by atoms with Crippen LogP contribution in [0.5, 0.6) is 11.5 Å². The Morgan fingerprint density at radius 3 is 1.42 bits per heavy atom. The standard InChI is InChI=1S/C59H39N5O/c1-58(2)43-27-13-12-25-40(43)51-52(60-54(61-53(51)58)36-19-6-3-7-20-36)41-26-18-30-47-50(41)42-35-39(57-63-55(37-21-8-4-9-22-37)62-56(64-57)38-23-10-5-11-24-38)33-34-44(42)59(47)45-28-14-16-31-48(45)65-49-32-17-15-29-46(49)59/h3-35H,1-2H3. The summed E-state index contributed by atoms with van der Waals surface area (Å²) in [5.74, 6) is 4.20. The van der Waals surface area contributed by atoms with E-state index in [1.54, 1.807) is 0 Å². The van der Waals surface area contributed by atoms with Gasteiger partial charge in [-0.2, -0.15) is 0 Å². The van der Waals surface area contributed by atoms with Crippen molar-refractivity contribution in [1.29, 1.82) is 0 Å². The molecule has 0 amide bonds. The molecule has 1 spiro atoms. The van der Waals surface area contributed by atoms with Crippen molar-refractivity contribution in [1.82, 2.24) is 24.9 Å². The third-order valence-corrected chi connectivity index (χ3v) is 13.6. The topological polar surface area (TPSA) is 73.7 Å². The van der Waals surface area contributed by atoms with E-state index in [0.717, 1.165) is 95.2 Å². The Kier molecular flexibility index (Phi) is 8.06. The molecule has 2 aliphatic carbocycles. The van der Waals surface area contributed by atoms with Gasteiger partial charge in [-0.05, 0) is 51.6 Å². The van der Waals surface area contributed by atoms with Crippen molar-refractivity contribution in [2.24, 2.45) is 0 Å². The maximum Gasteiger partial charge on any atom is 0.164 e. The second kappa shape index (κ2) is 14.1. The summed E-state index contributed by atoms with van der Waals surface area (Å²) in [5, 5.41) is 0. The van der Waals surface area contributed by atoms with Crippen LogP contribution in [0.25, 0.3) is 79.1 Å². The molecule has 6 nitrogen and oxygen atoms in total. The number of rotatable bonds is 5. The predicted octanol–water partition coefficient (Wildman–Crippen LogP) is 13.8. The van der Waals surface area contributed by atoms with E-state index < -0.39 is 5.41 Å². The van der Waals surface area contributed by atoms with Gasteiger partial charge < -0.3 is 4.74 Å². The predicted molar refractivity (Wildman–Crippen MR) is 258 cm³/mol. The molecule has 3 heterocycles. The Morgan fingerprint density at radius 2 is 0.815 bits per heavy atom. The molecule has 6 heteroatoms. The number of aromatic nitrogens is 5. The van der Waals surface area contributed by atoms with E-state index in [9.17, 15) is 0 Å². The molecule has 0 N–H and O–H groups in total. The van der Waals surface area contributed by atoms with Gasteiger partial charge >= 0.3 is 0 Å². The summed E-state index contributed by atoms with van der Waals surface area (Å²) in [5.41, 5.74) is 15.8. The lowest BCUT2D eigenvalue weighted by atomic mass is 9.66. The minimum Gasteiger partial charge on any atom is -0.457 e. The van der Waals surface area contributed by atoms with Crippen molar-refractivity contribution >= 4 is 0 Å². The van der Waals surface area contributed by atoms with Gasteiger partial charge in [0, 0.05) is 49.9 Å². The van der Waals surface area contributed by atoms with Crippen LogP contribution in [-0.2, 0) is 10.8 Å². The summed E-state index contributed by atoms with van der Waals surface area (Å²) in [7, 11) is 0. The molecule has 65 heavy (non-hydrogen) atoms. The second-order valence-corrected chi connectivity index (χ2v) is 17.5. The second-order valence-electron chi connectivity index (χ2n) is 17.5. The summed E-state index contributed by atoms with van der Waals surface area (Å²) < 4.78 is 6.75. The van der Waals surface area contributed by atoms with Crippen LogP contribution < -0.4 is 4.74 Å². The smallest absolute Gasteiger partial charge is 0.164 e. The van der Waals surface area contributed by atoms with Crippen molar-refractivity contribution in [2.75, 3.05) is 0 Å². The Balaban J connectivity index is 1.14. The van der Waals surface area contributed by atoms with Gasteiger partial charge in [0.2, 0.25) is 0 Å². The molecule has 10 aromatic rings. The number of ether oxygens (including phenoxy) is 1. The fourth-order valence-corrected chi connectivity index (χ4v) is 10.7. The largest absolute Gasteiger partial charge is 0.457 e. The number of fused-ring (bicyclic) bond motifs is 12. The monoisotopic (exact) mass is 833 g/mol. The molecule has 2 aromatic heterocycles. The average molecular weight is 834 g/mol. The van der Waals surface area contributed by atoms with Crippen molar-refractivity contribution in [3.63, 3.8) is 0 Å². The van der Waals surface area contributed by atoms with Crippen molar-refractivity contribution in [2.45, 2.75) is 24.7 Å². The highest BCUT2D eigenvalue weighted by atomic mass is 16.5. The quantitative estimate of drug-likeness (QED) is 0.172. The molecule has 8 aromatic carbocycles. The normalized spacial score (nSPS) is 14.1. The van der Waals surface area contributed by atoms with E-state index in [1.807, 2.05) is 66.7 Å². The molecule has 0 radical (unpaired) electrons. The Labute approximate surface area is 377 Å². The lowest BCUT2D eigenvalue weighted by molar-refractivity contribution is 0.436. The number of hydrogen-bond donors (Lipinski definition) is 0. The van der Waals surface area contributed by atoms with Gasteiger partial charge in [0.05, 0.1) is 16.8 Å². The summed E-state index contributed by atoms with van der Waals surface area (Å²) >= 11 is 0. The van der Waals surface area contributed by atoms with E-state index in [1.165, 1.54) is 5.56 Å². The van der Waals surface area contributed by atoms with Crippen LogP contribution in [0, 0.1) is 0 Å². The first-order valence-electron chi connectivity index (χ1n) is 22.1. The van der Waals surface area contributed by atoms with Crippen LogP contribution in [-0.4, -0.2) is 24.9 Å². The first-order chi connectivity index (χ1) is 32.0. The van der Waals surface area contributed by atoms with Crippen molar-refractivity contribution in [3.8, 4) is 90.6 Å². The first kappa shape index (κ1) is 37.2. The van der Waals surface area contributed by atoms with Gasteiger partial charge in [-0.25, -0.2) is 24.9 Å². The molecule has 1 aliphatic heterocycles. The van der Waals surface area contributed by atoms with E-state index >= 15 is 0 Å². The highest BCUT2D eigenvalue weighted by Gasteiger charge is 2.52. The number of nitrogens with zero attached hydrogens (tertiary/aromatic N) is 5. The lowest BCUT2D eigenvalue weighted by Crippen LogP contribution is -2.32. The Hall–Kier alpha value is -8.35. The van der Waals surface area contributed by atoms with Crippen LogP contribution in [0.3, 0.4) is 0 Å².